The summed E-state index contributed by atoms with van der Waals surface area (Å²) in [6, 6.07) is 1.98. The highest BCUT2D eigenvalue weighted by molar-refractivity contribution is 5.92. The summed E-state index contributed by atoms with van der Waals surface area (Å²) < 4.78 is 5.33. The number of hydrogen-bond acceptors (Lipinski definition) is 5. The van der Waals surface area contributed by atoms with E-state index in [9.17, 15) is 4.79 Å². The quantitative estimate of drug-likeness (QED) is 0.862. The molecule has 1 amide bonds. The monoisotopic (exact) mass is 304 g/mol. The van der Waals surface area contributed by atoms with Crippen LogP contribution in [0.15, 0.2) is 12.3 Å². The molecule has 1 N–H and O–H groups in total. The molecule has 6 heteroatoms. The highest BCUT2D eigenvalue weighted by Crippen LogP contribution is 2.17. The Labute approximate surface area is 131 Å². The van der Waals surface area contributed by atoms with E-state index in [1.807, 2.05) is 0 Å². The maximum absolute atomic E-state index is 12.4. The van der Waals surface area contributed by atoms with Gasteiger partial charge in [0.05, 0.1) is 13.2 Å². The van der Waals surface area contributed by atoms with Crippen LogP contribution in [0.5, 0.6) is 0 Å². The van der Waals surface area contributed by atoms with E-state index in [-0.39, 0.29) is 11.9 Å². The maximum Gasteiger partial charge on any atom is 0.270 e. The number of nitrogens with zero attached hydrogens (tertiary/aromatic N) is 3. The van der Waals surface area contributed by atoms with Crippen LogP contribution in [-0.2, 0) is 4.74 Å². The first kappa shape index (κ1) is 15.2. The molecule has 2 aliphatic rings. The number of ether oxygens (including phenoxy) is 1. The van der Waals surface area contributed by atoms with Gasteiger partial charge in [-0.05, 0) is 18.9 Å². The highest BCUT2D eigenvalue weighted by atomic mass is 16.5. The Morgan fingerprint density at radius 2 is 1.91 bits per heavy atom. The number of morpholine rings is 1. The van der Waals surface area contributed by atoms with Gasteiger partial charge in [0.1, 0.15) is 5.69 Å². The minimum absolute atomic E-state index is 0.0798. The van der Waals surface area contributed by atoms with Crippen LogP contribution in [0.4, 0.5) is 5.95 Å². The molecular formula is C16H24N4O2. The Hall–Kier alpha value is -1.69. The van der Waals surface area contributed by atoms with E-state index < -0.39 is 0 Å². The third-order valence-corrected chi connectivity index (χ3v) is 4.36. The highest BCUT2D eigenvalue weighted by Gasteiger charge is 2.19. The third kappa shape index (κ3) is 3.94. The van der Waals surface area contributed by atoms with Gasteiger partial charge >= 0.3 is 0 Å². The fourth-order valence-corrected chi connectivity index (χ4v) is 3.07. The Morgan fingerprint density at radius 1 is 1.18 bits per heavy atom. The van der Waals surface area contributed by atoms with Crippen molar-refractivity contribution in [3.63, 3.8) is 0 Å². The zero-order chi connectivity index (χ0) is 15.2. The van der Waals surface area contributed by atoms with Gasteiger partial charge in [-0.1, -0.05) is 25.7 Å². The average molecular weight is 304 g/mol. The van der Waals surface area contributed by atoms with E-state index in [2.05, 4.69) is 20.2 Å². The fraction of sp³-hybridized carbons (Fsp3) is 0.688. The molecule has 0 spiro atoms. The molecule has 1 aliphatic heterocycles. The van der Waals surface area contributed by atoms with Crippen molar-refractivity contribution < 1.29 is 9.53 Å². The van der Waals surface area contributed by atoms with Gasteiger partial charge in [0.2, 0.25) is 5.95 Å². The minimum atomic E-state index is -0.0798. The molecule has 1 aromatic rings. The number of aromatic nitrogens is 2. The lowest BCUT2D eigenvalue weighted by atomic mass is 10.1. The summed E-state index contributed by atoms with van der Waals surface area (Å²) in [5, 5.41) is 3.13. The van der Waals surface area contributed by atoms with Crippen LogP contribution in [0.3, 0.4) is 0 Å². The lowest BCUT2D eigenvalue weighted by molar-refractivity contribution is 0.0928. The van der Waals surface area contributed by atoms with Crippen molar-refractivity contribution in [3.05, 3.63) is 18.0 Å². The van der Waals surface area contributed by atoms with E-state index in [1.54, 1.807) is 12.3 Å². The topological polar surface area (TPSA) is 67.4 Å². The Bertz CT molecular complexity index is 495. The summed E-state index contributed by atoms with van der Waals surface area (Å²) in [4.78, 5) is 23.2. The van der Waals surface area contributed by atoms with Gasteiger partial charge in [-0.3, -0.25) is 4.79 Å². The second kappa shape index (κ2) is 7.54. The minimum Gasteiger partial charge on any atom is -0.378 e. The zero-order valence-electron chi connectivity index (χ0n) is 13.0. The van der Waals surface area contributed by atoms with Gasteiger partial charge < -0.3 is 15.0 Å². The van der Waals surface area contributed by atoms with Crippen LogP contribution < -0.4 is 10.2 Å². The summed E-state index contributed by atoms with van der Waals surface area (Å²) in [5.41, 5.74) is 0.459. The number of rotatable bonds is 3. The van der Waals surface area contributed by atoms with E-state index >= 15 is 0 Å². The molecule has 2 heterocycles. The molecule has 6 nitrogen and oxygen atoms in total. The molecule has 120 valence electrons. The van der Waals surface area contributed by atoms with E-state index in [1.165, 1.54) is 25.7 Å². The molecule has 1 saturated heterocycles. The first-order valence-electron chi connectivity index (χ1n) is 8.29. The lowest BCUT2D eigenvalue weighted by Crippen LogP contribution is -2.38. The third-order valence-electron chi connectivity index (χ3n) is 4.36. The van der Waals surface area contributed by atoms with E-state index in [4.69, 9.17) is 4.74 Å². The summed E-state index contributed by atoms with van der Waals surface area (Å²) in [6.07, 6.45) is 8.78. The fourth-order valence-electron chi connectivity index (χ4n) is 3.07. The normalized spacial score (nSPS) is 20.5. The molecule has 3 rings (SSSR count). The number of carbonyl (C=O) groups is 1. The predicted octanol–water partition coefficient (Wildman–Crippen LogP) is 1.77. The van der Waals surface area contributed by atoms with Crippen LogP contribution >= 0.6 is 0 Å². The molecule has 0 unspecified atom stereocenters. The summed E-state index contributed by atoms with van der Waals surface area (Å²) in [5.74, 6) is 0.542. The molecule has 22 heavy (non-hydrogen) atoms. The van der Waals surface area contributed by atoms with Crippen molar-refractivity contribution in [1.29, 1.82) is 0 Å². The molecule has 0 radical (unpaired) electrons. The number of hydrogen-bond donors (Lipinski definition) is 1. The first-order valence-corrected chi connectivity index (χ1v) is 8.29. The second-order valence-electron chi connectivity index (χ2n) is 6.00. The van der Waals surface area contributed by atoms with Crippen LogP contribution in [0.25, 0.3) is 0 Å². The number of nitrogens with one attached hydrogen (secondary N) is 1. The molecule has 0 aromatic carbocycles. The van der Waals surface area contributed by atoms with E-state index in [0.29, 0.717) is 24.9 Å². The first-order chi connectivity index (χ1) is 10.8. The van der Waals surface area contributed by atoms with Gasteiger partial charge in [-0.15, -0.1) is 0 Å². The maximum atomic E-state index is 12.4. The van der Waals surface area contributed by atoms with Crippen LogP contribution in [0.2, 0.25) is 0 Å². The van der Waals surface area contributed by atoms with Gasteiger partial charge in [-0.2, -0.15) is 0 Å². The number of anilines is 1. The average Bonchev–Trinajstić information content (AvgIpc) is 2.84. The zero-order valence-corrected chi connectivity index (χ0v) is 13.0. The molecule has 1 aliphatic carbocycles. The van der Waals surface area contributed by atoms with Crippen LogP contribution in [-0.4, -0.2) is 48.2 Å². The van der Waals surface area contributed by atoms with Gasteiger partial charge in [0, 0.05) is 25.3 Å². The van der Waals surface area contributed by atoms with Gasteiger partial charge in [0.15, 0.2) is 0 Å². The smallest absolute Gasteiger partial charge is 0.270 e. The standard InChI is InChI=1S/C16H24N4O2/c21-15(18-13-5-3-1-2-4-6-13)14-7-8-17-16(19-14)20-9-11-22-12-10-20/h7-8,13H,1-6,9-12H2,(H,18,21). The summed E-state index contributed by atoms with van der Waals surface area (Å²) in [6.45, 7) is 2.91. The van der Waals surface area contributed by atoms with Crippen molar-refractivity contribution in [3.8, 4) is 0 Å². The molecule has 1 aromatic heterocycles. The molecule has 0 atom stereocenters. The Morgan fingerprint density at radius 3 is 2.64 bits per heavy atom. The second-order valence-corrected chi connectivity index (χ2v) is 6.00. The van der Waals surface area contributed by atoms with Crippen molar-refractivity contribution in [2.45, 2.75) is 44.6 Å². The van der Waals surface area contributed by atoms with Crippen molar-refractivity contribution in [1.82, 2.24) is 15.3 Å². The van der Waals surface area contributed by atoms with Crippen molar-refractivity contribution in [2.24, 2.45) is 0 Å². The largest absolute Gasteiger partial charge is 0.378 e. The van der Waals surface area contributed by atoms with E-state index in [0.717, 1.165) is 25.9 Å². The van der Waals surface area contributed by atoms with Crippen molar-refractivity contribution in [2.75, 3.05) is 31.2 Å². The molecule has 2 fully saturated rings. The van der Waals surface area contributed by atoms with Gasteiger partial charge in [-0.25, -0.2) is 9.97 Å². The summed E-state index contributed by atoms with van der Waals surface area (Å²) in [7, 11) is 0. The number of amides is 1. The molecular weight excluding hydrogens is 280 g/mol. The lowest BCUT2D eigenvalue weighted by Gasteiger charge is -2.26. The number of carbonyl (C=O) groups excluding carboxylic acids is 1. The van der Waals surface area contributed by atoms with Gasteiger partial charge in [0.25, 0.3) is 5.91 Å². The Kier molecular flexibility index (Phi) is 5.21. The van der Waals surface area contributed by atoms with Crippen LogP contribution in [0, 0.1) is 0 Å². The Balaban J connectivity index is 1.64. The van der Waals surface area contributed by atoms with Crippen LogP contribution in [0.1, 0.15) is 49.0 Å². The summed E-state index contributed by atoms with van der Waals surface area (Å²) >= 11 is 0. The molecule has 0 bridgehead atoms. The van der Waals surface area contributed by atoms with Crippen molar-refractivity contribution >= 4 is 11.9 Å². The SMILES string of the molecule is O=C(NC1CCCCCC1)c1ccnc(N2CCOCC2)n1. The molecule has 1 saturated carbocycles. The predicted molar refractivity (Wildman–Crippen MR) is 84.0 cm³/mol.